The second-order valence-corrected chi connectivity index (χ2v) is 8.31. The maximum Gasteiger partial charge on any atom is 0.310 e. The SMILES string of the molecule is CCCCCCCCCCCCC(CCC)OC(=O)C1CC=CCC1C(=O)O. The van der Waals surface area contributed by atoms with Crippen molar-refractivity contribution in [1.29, 1.82) is 0 Å². The second-order valence-electron chi connectivity index (χ2n) is 8.31. The van der Waals surface area contributed by atoms with E-state index in [-0.39, 0.29) is 12.1 Å². The highest BCUT2D eigenvalue weighted by molar-refractivity contribution is 5.81. The smallest absolute Gasteiger partial charge is 0.310 e. The van der Waals surface area contributed by atoms with Crippen molar-refractivity contribution in [3.05, 3.63) is 12.2 Å². The molecule has 0 saturated carbocycles. The molecule has 0 aromatic rings. The van der Waals surface area contributed by atoms with E-state index in [0.29, 0.717) is 12.8 Å². The van der Waals surface area contributed by atoms with Crippen LogP contribution >= 0.6 is 0 Å². The molecule has 1 aliphatic carbocycles. The van der Waals surface area contributed by atoms with Crippen LogP contribution in [0.15, 0.2) is 12.2 Å². The third-order valence-corrected chi connectivity index (χ3v) is 5.83. The number of hydrogen-bond acceptors (Lipinski definition) is 3. The Labute approximate surface area is 172 Å². The van der Waals surface area contributed by atoms with Gasteiger partial charge in [0.15, 0.2) is 0 Å². The Balaban J connectivity index is 2.24. The zero-order valence-electron chi connectivity index (χ0n) is 18.2. The van der Waals surface area contributed by atoms with E-state index in [4.69, 9.17) is 4.74 Å². The van der Waals surface area contributed by atoms with Crippen molar-refractivity contribution >= 4 is 11.9 Å². The monoisotopic (exact) mass is 394 g/mol. The maximum absolute atomic E-state index is 12.6. The lowest BCUT2D eigenvalue weighted by molar-refractivity contribution is -0.162. The minimum atomic E-state index is -0.895. The molecule has 28 heavy (non-hydrogen) atoms. The number of carbonyl (C=O) groups excluding carboxylic acids is 1. The number of carboxylic acids is 1. The van der Waals surface area contributed by atoms with Crippen LogP contribution in [0.25, 0.3) is 0 Å². The second kappa shape index (κ2) is 15.6. The van der Waals surface area contributed by atoms with Crippen molar-refractivity contribution in [3.8, 4) is 0 Å². The number of esters is 1. The van der Waals surface area contributed by atoms with Gasteiger partial charge in [-0.3, -0.25) is 9.59 Å². The van der Waals surface area contributed by atoms with Gasteiger partial charge in [-0.15, -0.1) is 0 Å². The summed E-state index contributed by atoms with van der Waals surface area (Å²) in [5, 5.41) is 9.36. The summed E-state index contributed by atoms with van der Waals surface area (Å²) in [7, 11) is 0. The minimum absolute atomic E-state index is 0.0631. The summed E-state index contributed by atoms with van der Waals surface area (Å²) >= 11 is 0. The van der Waals surface area contributed by atoms with Crippen molar-refractivity contribution in [2.75, 3.05) is 0 Å². The average molecular weight is 395 g/mol. The maximum atomic E-state index is 12.6. The Hall–Kier alpha value is -1.32. The van der Waals surface area contributed by atoms with Crippen LogP contribution in [0.4, 0.5) is 0 Å². The van der Waals surface area contributed by atoms with E-state index < -0.39 is 17.8 Å². The highest BCUT2D eigenvalue weighted by Gasteiger charge is 2.35. The van der Waals surface area contributed by atoms with Gasteiger partial charge in [0, 0.05) is 0 Å². The van der Waals surface area contributed by atoms with Crippen LogP contribution in [0.1, 0.15) is 110 Å². The summed E-state index contributed by atoms with van der Waals surface area (Å²) in [6.07, 6.45) is 20.3. The first kappa shape index (κ1) is 24.7. The van der Waals surface area contributed by atoms with Gasteiger partial charge in [0.05, 0.1) is 11.8 Å². The van der Waals surface area contributed by atoms with E-state index in [2.05, 4.69) is 13.8 Å². The Morgan fingerprint density at radius 1 is 0.821 bits per heavy atom. The third kappa shape index (κ3) is 10.3. The van der Waals surface area contributed by atoms with E-state index in [1.807, 2.05) is 12.2 Å². The Morgan fingerprint density at radius 3 is 1.89 bits per heavy atom. The van der Waals surface area contributed by atoms with Gasteiger partial charge in [0.25, 0.3) is 0 Å². The zero-order valence-corrected chi connectivity index (χ0v) is 18.2. The van der Waals surface area contributed by atoms with Gasteiger partial charge in [-0.25, -0.2) is 0 Å². The molecule has 0 radical (unpaired) electrons. The highest BCUT2D eigenvalue weighted by Crippen LogP contribution is 2.28. The van der Waals surface area contributed by atoms with Gasteiger partial charge in [0.1, 0.15) is 6.10 Å². The van der Waals surface area contributed by atoms with Gasteiger partial charge < -0.3 is 9.84 Å². The van der Waals surface area contributed by atoms with Crippen molar-refractivity contribution in [2.24, 2.45) is 11.8 Å². The molecule has 0 fully saturated rings. The van der Waals surface area contributed by atoms with Crippen LogP contribution in [0.2, 0.25) is 0 Å². The topological polar surface area (TPSA) is 63.6 Å². The fourth-order valence-corrected chi connectivity index (χ4v) is 4.04. The molecule has 1 aliphatic rings. The molecule has 0 bridgehead atoms. The van der Waals surface area contributed by atoms with Gasteiger partial charge in [-0.2, -0.15) is 0 Å². The molecule has 0 aromatic heterocycles. The largest absolute Gasteiger partial charge is 0.481 e. The molecule has 0 heterocycles. The summed E-state index contributed by atoms with van der Waals surface area (Å²) in [5.74, 6) is -2.39. The van der Waals surface area contributed by atoms with Gasteiger partial charge in [0.2, 0.25) is 0 Å². The summed E-state index contributed by atoms with van der Waals surface area (Å²) in [5.41, 5.74) is 0. The van der Waals surface area contributed by atoms with E-state index in [1.165, 1.54) is 57.8 Å². The first-order valence-corrected chi connectivity index (χ1v) is 11.7. The lowest BCUT2D eigenvalue weighted by Crippen LogP contribution is -2.34. The predicted molar refractivity (Wildman–Crippen MR) is 114 cm³/mol. The number of carboxylic acid groups (broad SMARTS) is 1. The number of unbranched alkanes of at least 4 members (excludes halogenated alkanes) is 9. The molecule has 0 aromatic carbocycles. The van der Waals surface area contributed by atoms with Crippen molar-refractivity contribution in [2.45, 2.75) is 116 Å². The number of rotatable bonds is 16. The number of allylic oxidation sites excluding steroid dienone is 2. The predicted octanol–water partition coefficient (Wildman–Crippen LogP) is 6.68. The van der Waals surface area contributed by atoms with Gasteiger partial charge in [-0.1, -0.05) is 90.2 Å². The van der Waals surface area contributed by atoms with Crippen LogP contribution < -0.4 is 0 Å². The first-order chi connectivity index (χ1) is 13.6. The Kier molecular flexibility index (Phi) is 13.8. The molecular weight excluding hydrogens is 352 g/mol. The van der Waals surface area contributed by atoms with Gasteiger partial charge in [-0.05, 0) is 32.1 Å². The van der Waals surface area contributed by atoms with Crippen molar-refractivity contribution < 1.29 is 19.4 Å². The summed E-state index contributed by atoms with van der Waals surface area (Å²) in [6.45, 7) is 4.35. The Bertz CT molecular complexity index is 458. The van der Waals surface area contributed by atoms with Crippen LogP contribution in [0.3, 0.4) is 0 Å². The molecule has 3 unspecified atom stereocenters. The number of carbonyl (C=O) groups is 2. The van der Waals surface area contributed by atoms with E-state index in [0.717, 1.165) is 25.7 Å². The third-order valence-electron chi connectivity index (χ3n) is 5.83. The minimum Gasteiger partial charge on any atom is -0.481 e. The molecule has 1 rings (SSSR count). The summed E-state index contributed by atoms with van der Waals surface area (Å²) in [4.78, 5) is 24.0. The highest BCUT2D eigenvalue weighted by atomic mass is 16.5. The summed E-state index contributed by atoms with van der Waals surface area (Å²) in [6, 6.07) is 0. The molecule has 0 spiro atoms. The Morgan fingerprint density at radius 2 is 1.36 bits per heavy atom. The molecule has 4 heteroatoms. The first-order valence-electron chi connectivity index (χ1n) is 11.7. The van der Waals surface area contributed by atoms with Crippen LogP contribution in [0, 0.1) is 11.8 Å². The normalized spacial score (nSPS) is 20.1. The fraction of sp³-hybridized carbons (Fsp3) is 0.833. The van der Waals surface area contributed by atoms with Crippen molar-refractivity contribution in [3.63, 3.8) is 0 Å². The molecule has 0 saturated heterocycles. The van der Waals surface area contributed by atoms with Crippen LogP contribution in [-0.4, -0.2) is 23.1 Å². The zero-order chi connectivity index (χ0) is 20.6. The number of ether oxygens (including phenoxy) is 1. The molecule has 162 valence electrons. The van der Waals surface area contributed by atoms with Crippen molar-refractivity contribution in [1.82, 2.24) is 0 Å². The molecule has 4 nitrogen and oxygen atoms in total. The molecule has 3 atom stereocenters. The standard InChI is InChI=1S/C24H42O4/c1-3-5-6-7-8-9-10-11-12-13-17-20(16-4-2)28-24(27)22-19-15-14-18-21(22)23(25)26/h14-15,20-22H,3-13,16-19H2,1-2H3,(H,25,26). The summed E-state index contributed by atoms with van der Waals surface area (Å²) < 4.78 is 5.76. The van der Waals surface area contributed by atoms with Gasteiger partial charge >= 0.3 is 11.9 Å². The fourth-order valence-electron chi connectivity index (χ4n) is 4.04. The number of hydrogen-bond donors (Lipinski definition) is 1. The lowest BCUT2D eigenvalue weighted by atomic mass is 9.83. The quantitative estimate of drug-likeness (QED) is 0.180. The average Bonchev–Trinajstić information content (AvgIpc) is 2.69. The van der Waals surface area contributed by atoms with E-state index in [9.17, 15) is 14.7 Å². The molecule has 0 aliphatic heterocycles. The van der Waals surface area contributed by atoms with E-state index >= 15 is 0 Å². The molecule has 0 amide bonds. The lowest BCUT2D eigenvalue weighted by Gasteiger charge is -2.26. The molecule has 1 N–H and O–H groups in total. The van der Waals surface area contributed by atoms with E-state index in [1.54, 1.807) is 0 Å². The van der Waals surface area contributed by atoms with Crippen LogP contribution in [-0.2, 0) is 14.3 Å². The van der Waals surface area contributed by atoms with Crippen LogP contribution in [0.5, 0.6) is 0 Å². The molecular formula is C24H42O4. The number of aliphatic carboxylic acids is 1.